The highest BCUT2D eigenvalue weighted by Gasteiger charge is 2.30. The van der Waals surface area contributed by atoms with E-state index in [9.17, 15) is 27.6 Å². The normalized spacial score (nSPS) is 12.4. The van der Waals surface area contributed by atoms with Crippen LogP contribution in [0.5, 0.6) is 0 Å². The second-order valence-corrected chi connectivity index (χ2v) is 6.42. The van der Waals surface area contributed by atoms with E-state index in [2.05, 4.69) is 10.4 Å². The zero-order valence-electron chi connectivity index (χ0n) is 15.3. The molecule has 0 saturated heterocycles. The number of aromatic amines is 1. The molecule has 0 bridgehead atoms. The minimum atomic E-state index is -4.54. The third-order valence-corrected chi connectivity index (χ3v) is 4.30. The number of nitrogens with one attached hydrogen (secondary N) is 2. The average molecular weight is 419 g/mol. The Labute approximate surface area is 167 Å². The van der Waals surface area contributed by atoms with Gasteiger partial charge in [-0.3, -0.25) is 19.5 Å². The van der Waals surface area contributed by atoms with Crippen LogP contribution in [0.3, 0.4) is 0 Å². The zero-order chi connectivity index (χ0) is 21.9. The first kappa shape index (κ1) is 20.9. The lowest BCUT2D eigenvalue weighted by molar-refractivity contribution is -0.138. The second kappa shape index (κ2) is 8.27. The van der Waals surface area contributed by atoms with E-state index >= 15 is 0 Å². The summed E-state index contributed by atoms with van der Waals surface area (Å²) in [6, 6.07) is 12.2. The van der Waals surface area contributed by atoms with E-state index in [1.165, 1.54) is 0 Å². The number of para-hydroxylation sites is 1. The lowest BCUT2D eigenvalue weighted by Crippen LogP contribution is -2.30. The molecule has 30 heavy (non-hydrogen) atoms. The first-order chi connectivity index (χ1) is 14.1. The van der Waals surface area contributed by atoms with Crippen LogP contribution in [-0.2, 0) is 11.0 Å². The molecule has 1 atom stereocenters. The van der Waals surface area contributed by atoms with Crippen molar-refractivity contribution in [3.63, 3.8) is 0 Å². The molecular formula is C20H16F3N3O4. The van der Waals surface area contributed by atoms with E-state index in [0.29, 0.717) is 5.69 Å². The Kier molecular flexibility index (Phi) is 5.77. The molecule has 0 radical (unpaired) electrons. The highest BCUT2D eigenvalue weighted by molar-refractivity contribution is 5.92. The maximum atomic E-state index is 12.7. The Morgan fingerprint density at radius 3 is 2.27 bits per heavy atom. The SMILES string of the molecule is O=C(O)C[C@H](NC(=O)c1cc(=O)n(-c2ccccc2)[nH]1)c1ccc(C(F)(F)F)cc1. The van der Waals surface area contributed by atoms with E-state index in [1.807, 2.05) is 0 Å². The molecule has 0 saturated carbocycles. The van der Waals surface area contributed by atoms with Gasteiger partial charge in [-0.25, -0.2) is 4.68 Å². The Morgan fingerprint density at radius 1 is 1.07 bits per heavy atom. The number of aromatic nitrogens is 2. The predicted octanol–water partition coefficient (Wildman–Crippen LogP) is 3.13. The molecule has 0 spiro atoms. The molecule has 0 aliphatic carbocycles. The van der Waals surface area contributed by atoms with Gasteiger partial charge in [0.25, 0.3) is 11.5 Å². The number of H-pyrrole nitrogens is 1. The Hall–Kier alpha value is -3.82. The molecule has 1 amide bonds. The summed E-state index contributed by atoms with van der Waals surface area (Å²) in [5.74, 6) is -2.02. The highest BCUT2D eigenvalue weighted by atomic mass is 19.4. The van der Waals surface area contributed by atoms with Crippen molar-refractivity contribution in [2.75, 3.05) is 0 Å². The number of nitrogens with zero attached hydrogens (tertiary/aromatic N) is 1. The van der Waals surface area contributed by atoms with Crippen molar-refractivity contribution in [1.29, 1.82) is 0 Å². The largest absolute Gasteiger partial charge is 0.481 e. The summed E-state index contributed by atoms with van der Waals surface area (Å²) in [4.78, 5) is 35.9. The molecule has 0 fully saturated rings. The molecule has 3 rings (SSSR count). The van der Waals surface area contributed by atoms with Crippen LogP contribution in [0.15, 0.2) is 65.5 Å². The third kappa shape index (κ3) is 4.77. The topological polar surface area (TPSA) is 104 Å². The molecule has 0 aliphatic heterocycles. The molecule has 1 heterocycles. The van der Waals surface area contributed by atoms with Crippen LogP contribution >= 0.6 is 0 Å². The summed E-state index contributed by atoms with van der Waals surface area (Å²) in [5.41, 5.74) is -0.840. The number of carbonyl (C=O) groups is 2. The number of hydrogen-bond acceptors (Lipinski definition) is 3. The maximum absolute atomic E-state index is 12.7. The van der Waals surface area contributed by atoms with Crippen LogP contribution in [0, 0.1) is 0 Å². The molecule has 2 aromatic carbocycles. The summed E-state index contributed by atoms with van der Waals surface area (Å²) in [7, 11) is 0. The number of amides is 1. The van der Waals surface area contributed by atoms with Crippen molar-refractivity contribution < 1.29 is 27.9 Å². The minimum absolute atomic E-state index is 0.119. The molecule has 0 aliphatic rings. The summed E-state index contributed by atoms with van der Waals surface area (Å²) in [6.45, 7) is 0. The van der Waals surface area contributed by atoms with Gasteiger partial charge in [0.15, 0.2) is 0 Å². The average Bonchev–Trinajstić information content (AvgIpc) is 3.09. The number of halogens is 3. The first-order valence-electron chi connectivity index (χ1n) is 8.72. The number of alkyl halides is 3. The van der Waals surface area contributed by atoms with Crippen molar-refractivity contribution in [2.45, 2.75) is 18.6 Å². The van der Waals surface area contributed by atoms with Gasteiger partial charge < -0.3 is 10.4 Å². The maximum Gasteiger partial charge on any atom is 0.416 e. The van der Waals surface area contributed by atoms with Crippen LogP contribution in [-0.4, -0.2) is 26.8 Å². The fourth-order valence-corrected chi connectivity index (χ4v) is 2.85. The summed E-state index contributed by atoms with van der Waals surface area (Å²) in [6.07, 6.45) is -5.09. The summed E-state index contributed by atoms with van der Waals surface area (Å²) in [5, 5.41) is 14.2. The molecule has 0 unspecified atom stereocenters. The van der Waals surface area contributed by atoms with Crippen molar-refractivity contribution in [2.24, 2.45) is 0 Å². The quantitative estimate of drug-likeness (QED) is 0.571. The minimum Gasteiger partial charge on any atom is -0.481 e. The van der Waals surface area contributed by atoms with Crippen molar-refractivity contribution in [1.82, 2.24) is 15.1 Å². The van der Waals surface area contributed by atoms with Crippen molar-refractivity contribution in [3.05, 3.63) is 87.8 Å². The number of benzene rings is 2. The fraction of sp³-hybridized carbons (Fsp3) is 0.150. The van der Waals surface area contributed by atoms with Crippen LogP contribution in [0.4, 0.5) is 13.2 Å². The Morgan fingerprint density at radius 2 is 1.70 bits per heavy atom. The molecule has 3 N–H and O–H groups in total. The van der Waals surface area contributed by atoms with Gasteiger partial charge in [0, 0.05) is 6.07 Å². The molecule has 7 nitrogen and oxygen atoms in total. The van der Waals surface area contributed by atoms with Gasteiger partial charge in [-0.1, -0.05) is 30.3 Å². The van der Waals surface area contributed by atoms with Crippen molar-refractivity contribution in [3.8, 4) is 5.69 Å². The lowest BCUT2D eigenvalue weighted by Gasteiger charge is -2.18. The monoisotopic (exact) mass is 419 g/mol. The van der Waals surface area contributed by atoms with Gasteiger partial charge >= 0.3 is 12.1 Å². The van der Waals surface area contributed by atoms with Crippen molar-refractivity contribution >= 4 is 11.9 Å². The van der Waals surface area contributed by atoms with Gasteiger partial charge in [0.1, 0.15) is 5.69 Å². The van der Waals surface area contributed by atoms with E-state index in [-0.39, 0.29) is 11.3 Å². The van der Waals surface area contributed by atoms with Gasteiger partial charge in [0.2, 0.25) is 0 Å². The number of carboxylic acid groups (broad SMARTS) is 1. The van der Waals surface area contributed by atoms with E-state index in [1.54, 1.807) is 30.3 Å². The van der Waals surface area contributed by atoms with Gasteiger partial charge in [0.05, 0.1) is 23.7 Å². The second-order valence-electron chi connectivity index (χ2n) is 6.42. The van der Waals surface area contributed by atoms with E-state index in [0.717, 1.165) is 35.0 Å². The molecular weight excluding hydrogens is 403 g/mol. The summed E-state index contributed by atoms with van der Waals surface area (Å²) < 4.78 is 39.4. The lowest BCUT2D eigenvalue weighted by atomic mass is 10.0. The highest BCUT2D eigenvalue weighted by Crippen LogP contribution is 2.30. The van der Waals surface area contributed by atoms with Gasteiger partial charge in [-0.15, -0.1) is 0 Å². The van der Waals surface area contributed by atoms with Crippen LogP contribution in [0.25, 0.3) is 5.69 Å². The van der Waals surface area contributed by atoms with Gasteiger partial charge in [-0.05, 0) is 29.8 Å². The predicted molar refractivity (Wildman–Crippen MR) is 100 cm³/mol. The van der Waals surface area contributed by atoms with Crippen LogP contribution in [0.1, 0.15) is 34.1 Å². The van der Waals surface area contributed by atoms with E-state index in [4.69, 9.17) is 5.11 Å². The van der Waals surface area contributed by atoms with Crippen LogP contribution < -0.4 is 10.9 Å². The smallest absolute Gasteiger partial charge is 0.416 e. The summed E-state index contributed by atoms with van der Waals surface area (Å²) >= 11 is 0. The molecule has 3 aromatic rings. The molecule has 10 heteroatoms. The van der Waals surface area contributed by atoms with E-state index < -0.39 is 41.6 Å². The standard InChI is InChI=1S/C20H16F3N3O4/c21-20(22,23)13-8-6-12(7-9-13)15(11-18(28)29)24-19(30)16-10-17(27)26(25-16)14-4-2-1-3-5-14/h1-10,15,25H,11H2,(H,24,30)(H,28,29)/t15-/m0/s1. The number of carboxylic acids is 1. The number of aliphatic carboxylic acids is 1. The Balaban J connectivity index is 1.84. The van der Waals surface area contributed by atoms with Gasteiger partial charge in [-0.2, -0.15) is 13.2 Å². The number of rotatable bonds is 6. The number of carbonyl (C=O) groups excluding carboxylic acids is 1. The third-order valence-electron chi connectivity index (χ3n) is 4.30. The molecule has 1 aromatic heterocycles. The fourth-order valence-electron chi connectivity index (χ4n) is 2.85. The Bertz CT molecular complexity index is 1100. The first-order valence-corrected chi connectivity index (χ1v) is 8.72. The van der Waals surface area contributed by atoms with Crippen LogP contribution in [0.2, 0.25) is 0 Å². The number of hydrogen-bond donors (Lipinski definition) is 3. The molecule has 156 valence electrons. The zero-order valence-corrected chi connectivity index (χ0v) is 15.3.